The molecule has 0 aliphatic rings. The summed E-state index contributed by atoms with van der Waals surface area (Å²) < 4.78 is 5.69. The molecule has 1 aromatic heterocycles. The largest absolute Gasteiger partial charge is 0.490 e. The first-order valence-electron chi connectivity index (χ1n) is 9.49. The summed E-state index contributed by atoms with van der Waals surface area (Å²) in [5.74, 6) is 0.280. The Morgan fingerprint density at radius 2 is 1.48 bits per heavy atom. The van der Waals surface area contributed by atoms with Gasteiger partial charge in [0.25, 0.3) is 0 Å². The van der Waals surface area contributed by atoms with Gasteiger partial charge in [-0.05, 0) is 18.6 Å². The van der Waals surface area contributed by atoms with Crippen LogP contribution in [0, 0.1) is 0 Å². The zero-order valence-corrected chi connectivity index (χ0v) is 16.7. The van der Waals surface area contributed by atoms with Crippen LogP contribution < -0.4 is 4.74 Å². The monoisotopic (exact) mass is 392 g/mol. The van der Waals surface area contributed by atoms with Crippen LogP contribution in [0.1, 0.15) is 68.6 Å². The average Bonchev–Trinajstić information content (AvgIpc) is 2.67. The highest BCUT2D eigenvalue weighted by Gasteiger charge is 2.05. The molecule has 5 nitrogen and oxygen atoms in total. The van der Waals surface area contributed by atoms with Crippen LogP contribution in [0.15, 0.2) is 36.7 Å². The SMILES string of the molecule is CCCCCCCCCCOc1cnc(-c2ccc(C(=O)O)cc2)nc1.Cl. The maximum atomic E-state index is 10.9. The van der Waals surface area contributed by atoms with E-state index in [1.165, 1.54) is 44.9 Å². The van der Waals surface area contributed by atoms with Gasteiger partial charge in [-0.3, -0.25) is 0 Å². The fourth-order valence-corrected chi connectivity index (χ4v) is 2.73. The van der Waals surface area contributed by atoms with E-state index in [1.807, 2.05) is 0 Å². The zero-order chi connectivity index (χ0) is 18.6. The third kappa shape index (κ3) is 8.39. The van der Waals surface area contributed by atoms with Gasteiger partial charge in [0.2, 0.25) is 0 Å². The lowest BCUT2D eigenvalue weighted by molar-refractivity contribution is 0.0697. The highest BCUT2D eigenvalue weighted by Crippen LogP contribution is 2.17. The van der Waals surface area contributed by atoms with Gasteiger partial charge in [0, 0.05) is 5.56 Å². The molecule has 0 saturated carbocycles. The van der Waals surface area contributed by atoms with Crippen LogP contribution in [0.25, 0.3) is 11.4 Å². The molecule has 0 radical (unpaired) electrons. The van der Waals surface area contributed by atoms with E-state index in [0.717, 1.165) is 12.0 Å². The first-order valence-corrected chi connectivity index (χ1v) is 9.49. The van der Waals surface area contributed by atoms with Gasteiger partial charge in [0.1, 0.15) is 0 Å². The average molecular weight is 393 g/mol. The maximum absolute atomic E-state index is 10.9. The molecule has 2 rings (SSSR count). The van der Waals surface area contributed by atoms with Crippen molar-refractivity contribution >= 4 is 18.4 Å². The summed E-state index contributed by atoms with van der Waals surface area (Å²) in [6, 6.07) is 6.51. The molecule has 0 spiro atoms. The second-order valence-corrected chi connectivity index (χ2v) is 6.45. The standard InChI is InChI=1S/C21H28N2O3.ClH/c1-2-3-4-5-6-7-8-9-14-26-19-15-22-20(23-16-19)17-10-12-18(13-11-17)21(24)25;/h10-13,15-16H,2-9,14H2,1H3,(H,24,25);1H. The van der Waals surface area contributed by atoms with Crippen molar-refractivity contribution in [3.63, 3.8) is 0 Å². The van der Waals surface area contributed by atoms with E-state index in [1.54, 1.807) is 36.7 Å². The van der Waals surface area contributed by atoms with Crippen molar-refractivity contribution in [3.05, 3.63) is 42.2 Å². The van der Waals surface area contributed by atoms with E-state index in [9.17, 15) is 4.79 Å². The molecular weight excluding hydrogens is 364 g/mol. The van der Waals surface area contributed by atoms with Gasteiger partial charge < -0.3 is 9.84 Å². The first-order chi connectivity index (χ1) is 12.7. The predicted molar refractivity (Wildman–Crippen MR) is 110 cm³/mol. The second kappa shape index (κ2) is 13.1. The molecule has 0 aliphatic carbocycles. The summed E-state index contributed by atoms with van der Waals surface area (Å²) in [5, 5.41) is 8.92. The number of hydrogen-bond donors (Lipinski definition) is 1. The summed E-state index contributed by atoms with van der Waals surface area (Å²) in [5.41, 5.74) is 1.03. The van der Waals surface area contributed by atoms with Crippen molar-refractivity contribution in [1.82, 2.24) is 9.97 Å². The lowest BCUT2D eigenvalue weighted by atomic mass is 10.1. The minimum absolute atomic E-state index is 0. The topological polar surface area (TPSA) is 72.3 Å². The molecule has 2 aromatic rings. The van der Waals surface area contributed by atoms with Crippen LogP contribution in [0.5, 0.6) is 5.75 Å². The van der Waals surface area contributed by atoms with Gasteiger partial charge in [0.15, 0.2) is 11.6 Å². The Morgan fingerprint density at radius 3 is 2.04 bits per heavy atom. The van der Waals surface area contributed by atoms with Crippen LogP contribution in [-0.4, -0.2) is 27.7 Å². The number of carbonyl (C=O) groups is 1. The Bertz CT molecular complexity index is 660. The van der Waals surface area contributed by atoms with Crippen LogP contribution in [0.4, 0.5) is 0 Å². The smallest absolute Gasteiger partial charge is 0.335 e. The van der Waals surface area contributed by atoms with Crippen molar-refractivity contribution in [2.45, 2.75) is 58.3 Å². The highest BCUT2D eigenvalue weighted by atomic mass is 35.5. The minimum atomic E-state index is -0.942. The number of hydrogen-bond acceptors (Lipinski definition) is 4. The van der Waals surface area contributed by atoms with Crippen molar-refractivity contribution in [1.29, 1.82) is 0 Å². The number of benzene rings is 1. The number of ether oxygens (including phenoxy) is 1. The van der Waals surface area contributed by atoms with Crippen molar-refractivity contribution in [2.24, 2.45) is 0 Å². The van der Waals surface area contributed by atoms with Crippen LogP contribution >= 0.6 is 12.4 Å². The number of unbranched alkanes of at least 4 members (excludes halogenated alkanes) is 7. The number of carboxylic acids is 1. The Hall–Kier alpha value is -2.14. The molecular formula is C21H29ClN2O3. The van der Waals surface area contributed by atoms with Crippen molar-refractivity contribution < 1.29 is 14.6 Å². The number of halogens is 1. The Labute approximate surface area is 167 Å². The lowest BCUT2D eigenvalue weighted by Crippen LogP contribution is -1.99. The van der Waals surface area contributed by atoms with E-state index in [2.05, 4.69) is 16.9 Å². The number of rotatable bonds is 12. The number of carboxylic acid groups (broad SMARTS) is 1. The lowest BCUT2D eigenvalue weighted by Gasteiger charge is -2.06. The Morgan fingerprint density at radius 1 is 0.926 bits per heavy atom. The molecule has 0 saturated heterocycles. The van der Waals surface area contributed by atoms with Crippen LogP contribution in [0.3, 0.4) is 0 Å². The Kier molecular flexibility index (Phi) is 11.1. The molecule has 27 heavy (non-hydrogen) atoms. The zero-order valence-electron chi connectivity index (χ0n) is 15.9. The molecule has 1 aromatic carbocycles. The van der Waals surface area contributed by atoms with E-state index in [0.29, 0.717) is 18.2 Å². The van der Waals surface area contributed by atoms with Gasteiger partial charge in [-0.1, -0.05) is 64.0 Å². The molecule has 0 unspecified atom stereocenters. The normalized spacial score (nSPS) is 10.3. The van der Waals surface area contributed by atoms with Gasteiger partial charge in [0.05, 0.1) is 24.6 Å². The molecule has 0 aliphatic heterocycles. The summed E-state index contributed by atoms with van der Waals surface area (Å²) in [6.07, 6.45) is 13.5. The molecule has 6 heteroatoms. The molecule has 0 amide bonds. The third-order valence-corrected chi connectivity index (χ3v) is 4.28. The van der Waals surface area contributed by atoms with E-state index in [4.69, 9.17) is 9.84 Å². The van der Waals surface area contributed by atoms with Gasteiger partial charge >= 0.3 is 5.97 Å². The van der Waals surface area contributed by atoms with Crippen molar-refractivity contribution in [3.8, 4) is 17.1 Å². The quantitative estimate of drug-likeness (QED) is 0.463. The third-order valence-electron chi connectivity index (χ3n) is 4.28. The van der Waals surface area contributed by atoms with Crippen LogP contribution in [0.2, 0.25) is 0 Å². The predicted octanol–water partition coefficient (Wildman–Crippen LogP) is 5.78. The maximum Gasteiger partial charge on any atom is 0.335 e. The van der Waals surface area contributed by atoms with Gasteiger partial charge in [-0.25, -0.2) is 14.8 Å². The highest BCUT2D eigenvalue weighted by molar-refractivity contribution is 5.88. The van der Waals surface area contributed by atoms with E-state index < -0.39 is 5.97 Å². The number of aromatic nitrogens is 2. The molecule has 1 heterocycles. The van der Waals surface area contributed by atoms with E-state index in [-0.39, 0.29) is 18.0 Å². The molecule has 0 fully saturated rings. The van der Waals surface area contributed by atoms with Crippen molar-refractivity contribution in [2.75, 3.05) is 6.61 Å². The van der Waals surface area contributed by atoms with Crippen LogP contribution in [-0.2, 0) is 0 Å². The Balaban J connectivity index is 0.00000364. The summed E-state index contributed by atoms with van der Waals surface area (Å²) in [4.78, 5) is 19.5. The fourth-order valence-electron chi connectivity index (χ4n) is 2.73. The molecule has 0 bridgehead atoms. The summed E-state index contributed by atoms with van der Waals surface area (Å²) in [6.45, 7) is 2.92. The fraction of sp³-hybridized carbons (Fsp3) is 0.476. The molecule has 148 valence electrons. The molecule has 1 N–H and O–H groups in total. The number of nitrogens with zero attached hydrogens (tertiary/aromatic N) is 2. The van der Waals surface area contributed by atoms with Gasteiger partial charge in [-0.15, -0.1) is 12.4 Å². The summed E-state index contributed by atoms with van der Waals surface area (Å²) >= 11 is 0. The number of aromatic carboxylic acids is 1. The van der Waals surface area contributed by atoms with E-state index >= 15 is 0 Å². The first kappa shape index (κ1) is 22.9. The second-order valence-electron chi connectivity index (χ2n) is 6.45. The van der Waals surface area contributed by atoms with Gasteiger partial charge in [-0.2, -0.15) is 0 Å². The minimum Gasteiger partial charge on any atom is -0.490 e. The molecule has 0 atom stereocenters. The summed E-state index contributed by atoms with van der Waals surface area (Å²) in [7, 11) is 0.